The summed E-state index contributed by atoms with van der Waals surface area (Å²) in [5, 5.41) is 289. The third-order valence-electron chi connectivity index (χ3n) is 22.4. The van der Waals surface area contributed by atoms with Crippen LogP contribution < -0.4 is 21.3 Å². The number of rotatable bonds is 29. The Morgan fingerprint density at radius 2 is 0.550 bits per heavy atom. The molecule has 0 saturated carbocycles. The van der Waals surface area contributed by atoms with Crippen molar-refractivity contribution in [3.63, 3.8) is 0 Å². The molecule has 0 aromatic rings. The molecule has 10 saturated heterocycles. The second-order valence-corrected chi connectivity index (χ2v) is 30.9. The number of hydrogen-bond donors (Lipinski definition) is 29. The number of hydrogen-bond acceptors (Lipinski definition) is 48. The highest BCUT2D eigenvalue weighted by Crippen LogP contribution is 2.42. The number of amides is 4. The van der Waals surface area contributed by atoms with Gasteiger partial charge in [0.05, 0.1) is 64.6 Å². The fraction of sp³-hybridized carbons (Fsp3) is 0.941. The minimum atomic E-state index is -2.43. The highest BCUT2D eigenvalue weighted by atomic mass is 16.8. The molecular formula is C68H114N4O48. The van der Waals surface area contributed by atoms with Gasteiger partial charge in [-0.25, -0.2) is 0 Å². The highest BCUT2D eigenvalue weighted by Gasteiger charge is 2.62. The van der Waals surface area contributed by atoms with E-state index in [1.807, 2.05) is 0 Å². The largest absolute Gasteiger partial charge is 0.394 e. The number of aliphatic hydroxyl groups excluding tert-OH is 25. The first-order valence-electron chi connectivity index (χ1n) is 38.7. The highest BCUT2D eigenvalue weighted by molar-refractivity contribution is 5.74. The van der Waals surface area contributed by atoms with Gasteiger partial charge in [0.15, 0.2) is 62.9 Å². The van der Waals surface area contributed by atoms with E-state index >= 15 is 0 Å². The summed E-state index contributed by atoms with van der Waals surface area (Å²) in [5.74, 6) is -3.68. The van der Waals surface area contributed by atoms with Gasteiger partial charge in [-0.15, -0.1) is 0 Å². The molecule has 52 nitrogen and oxygen atoms in total. The zero-order valence-electron chi connectivity index (χ0n) is 65.4. The summed E-state index contributed by atoms with van der Waals surface area (Å²) in [4.78, 5) is 52.1. The van der Waals surface area contributed by atoms with Crippen molar-refractivity contribution in [3.8, 4) is 0 Å². The molecule has 0 unspecified atom stereocenters. The molecule has 0 aromatic heterocycles. The van der Waals surface area contributed by atoms with Crippen molar-refractivity contribution in [2.24, 2.45) is 0 Å². The third kappa shape index (κ3) is 21.4. The molecule has 4 amide bonds. The van der Waals surface area contributed by atoms with Gasteiger partial charge in [0.2, 0.25) is 23.6 Å². The number of ether oxygens (including phenoxy) is 19. The average Bonchev–Trinajstić information content (AvgIpc) is 0.752. The summed E-state index contributed by atoms with van der Waals surface area (Å²) < 4.78 is 114. The quantitative estimate of drug-likeness (QED) is 0.0331. The normalized spacial score (nSPS) is 50.3. The van der Waals surface area contributed by atoms with Crippen molar-refractivity contribution < 1.29 is 237 Å². The maximum absolute atomic E-state index is 13.5. The van der Waals surface area contributed by atoms with E-state index in [1.165, 1.54) is 20.8 Å². The van der Waals surface area contributed by atoms with Crippen LogP contribution in [-0.2, 0) is 109 Å². The first-order valence-corrected chi connectivity index (χ1v) is 38.7. The van der Waals surface area contributed by atoms with Crippen LogP contribution in [-0.4, -0.2) is 504 Å². The molecule has 10 aliphatic rings. The van der Waals surface area contributed by atoms with Gasteiger partial charge in [0.25, 0.3) is 0 Å². The molecule has 0 aliphatic carbocycles. The Morgan fingerprint density at radius 3 is 1.03 bits per heavy atom. The maximum atomic E-state index is 13.5. The van der Waals surface area contributed by atoms with Gasteiger partial charge in [-0.05, 0) is 20.8 Å². The lowest BCUT2D eigenvalue weighted by Crippen LogP contribution is -2.71. The predicted molar refractivity (Wildman–Crippen MR) is 372 cm³/mol. The summed E-state index contributed by atoms with van der Waals surface area (Å²) in [6, 6.07) is -7.54. The number of carbonyl (C=O) groups excluding carboxylic acids is 4. The lowest BCUT2D eigenvalue weighted by Gasteiger charge is -2.52. The molecular weight excluding hydrogens is 1640 g/mol. The van der Waals surface area contributed by atoms with Crippen molar-refractivity contribution in [2.75, 3.05) is 46.2 Å². The van der Waals surface area contributed by atoms with Crippen LogP contribution in [0.1, 0.15) is 48.5 Å². The molecule has 120 heavy (non-hydrogen) atoms. The average molecular weight is 1760 g/mol. The Hall–Kier alpha value is -3.88. The van der Waals surface area contributed by atoms with Crippen molar-refractivity contribution in [3.05, 3.63) is 0 Å². The Balaban J connectivity index is 0.909. The fourth-order valence-corrected chi connectivity index (χ4v) is 15.7. The first-order chi connectivity index (χ1) is 56.6. The molecule has 0 spiro atoms. The molecule has 29 N–H and O–H groups in total. The van der Waals surface area contributed by atoms with Crippen LogP contribution in [0.4, 0.5) is 0 Å². The maximum Gasteiger partial charge on any atom is 0.217 e. The minimum Gasteiger partial charge on any atom is -0.394 e. The summed E-state index contributed by atoms with van der Waals surface area (Å²) in [6.07, 6.45) is -92.0. The lowest BCUT2D eigenvalue weighted by atomic mass is 9.93. The molecule has 10 rings (SSSR count). The van der Waals surface area contributed by atoms with Crippen LogP contribution in [0.15, 0.2) is 0 Å². The van der Waals surface area contributed by atoms with Crippen LogP contribution in [0.25, 0.3) is 0 Å². The van der Waals surface area contributed by atoms with E-state index in [4.69, 9.17) is 90.0 Å². The third-order valence-corrected chi connectivity index (χ3v) is 22.4. The van der Waals surface area contributed by atoms with Gasteiger partial charge < -0.3 is 239 Å². The molecule has 10 fully saturated rings. The van der Waals surface area contributed by atoms with E-state index in [0.717, 1.165) is 27.7 Å². The molecule has 0 bridgehead atoms. The Labute approximate surface area is 681 Å². The van der Waals surface area contributed by atoms with E-state index in [2.05, 4.69) is 21.3 Å². The van der Waals surface area contributed by atoms with Crippen LogP contribution in [0.5, 0.6) is 0 Å². The summed E-state index contributed by atoms with van der Waals surface area (Å²) >= 11 is 0. The van der Waals surface area contributed by atoms with Gasteiger partial charge in [-0.2, -0.15) is 0 Å². The topological polar surface area (TPSA) is 798 Å². The SMILES string of the molecule is CC(=O)N[C@@H]1[C@@H](O[C@@H]2O[C@H](CO)[C@H](O)[C@H](O[C@@H]3O[C@H](CO)[C@@H](O)[C@H](O)[C@H]3NC(C)=O)[C@H]2O[C@@H]2O[C@@H](C)[C@@H](O)[C@@H](O)[C@@H]2O)[C@@H](O)[C@@H](CO[C@@H]2O[C@H](CO)[C@@H](O[C@@H]3O[C@H](CO)[C@H](O)[C@H](O[C@@H]4O[C@H](CO)[C@@H](O[C@@H]5O[C@H](CO)[C@H](O)[C@H](O)[C@H]5O[C@@H]5O[C@@H](C)[C@@H](O)[C@@H](O)[C@@H]5O)[C@H](O[C@@H]5O[C@@H](C)[C@@H](O)[C@H](O)[C@@H]5O)[C@H]4NC(C)=O)[C@H]3O)[C@H](O)[C@H]2NC(C)=O)O[C@@H]1O. The molecule has 694 valence electrons. The standard InChI is InChI=1S/C68H114N4O48/c1-15-33(83)43(93)47(97)63(103-15)116-54-32(72-21(7)82)62(112-27(13-78)52(54)114-67-57(46(96)37(87)23(9-74)109-67)119-64-48(98)44(94)34(84)16(2)104-64)117-55-38(88)24(10-75)108-66(50(55)100)113-51-26(12-77)111-60(30(42(51)92)70-19(5)80)102-14-28-40(90)53(31(59(101)106-28)71-20(6)81)115-68-58(120-65-49(99)45(95)35(85)17(3)105-65)56(39(89)25(11-76)110-68)118-61-29(69-18(4)79)41(91)36(86)22(8-73)107-61/h15-17,22-68,73-78,83-101H,8-14H2,1-7H3,(H,69,79)(H,70,80)(H,71,81)(H,72,82)/t15-,16-,17-,22+,23+,24+,25+,26+,27+,28+,29+,30+,31+,32+,33+,34+,35+,36+,37-,38-,39-,40-,41+,42+,43-,44+,45+,46-,47-,48-,49-,50+,51+,52+,53+,54+,55-,56-,57+,58+,59-,60+,61-,62-,63-,64-,65-,66-,67-,68-/m0/s1. The van der Waals surface area contributed by atoms with Crippen molar-refractivity contribution in [1.29, 1.82) is 0 Å². The van der Waals surface area contributed by atoms with Crippen LogP contribution in [0.3, 0.4) is 0 Å². The number of nitrogens with one attached hydrogen (secondary N) is 4. The summed E-state index contributed by atoms with van der Waals surface area (Å²) in [6.45, 7) is -0.121. The second-order valence-electron chi connectivity index (χ2n) is 30.9. The fourth-order valence-electron chi connectivity index (χ4n) is 15.7. The summed E-state index contributed by atoms with van der Waals surface area (Å²) in [7, 11) is 0. The minimum absolute atomic E-state index is 0.840. The Morgan fingerprint density at radius 1 is 0.233 bits per heavy atom. The second kappa shape index (κ2) is 42.4. The predicted octanol–water partition coefficient (Wildman–Crippen LogP) is -19.1. The van der Waals surface area contributed by atoms with E-state index in [9.17, 15) is 147 Å². The van der Waals surface area contributed by atoms with Crippen molar-refractivity contribution in [1.82, 2.24) is 21.3 Å². The molecule has 52 heteroatoms. The van der Waals surface area contributed by atoms with Crippen LogP contribution in [0, 0.1) is 0 Å². The van der Waals surface area contributed by atoms with Crippen molar-refractivity contribution in [2.45, 2.75) is 355 Å². The first kappa shape index (κ1) is 98.3. The zero-order chi connectivity index (χ0) is 88.4. The number of aliphatic hydroxyl groups is 25. The van der Waals surface area contributed by atoms with Gasteiger partial charge in [-0.1, -0.05) is 0 Å². The summed E-state index contributed by atoms with van der Waals surface area (Å²) in [5.41, 5.74) is 0. The van der Waals surface area contributed by atoms with Crippen LogP contribution >= 0.6 is 0 Å². The molecule has 50 atom stereocenters. The van der Waals surface area contributed by atoms with Gasteiger partial charge in [0.1, 0.15) is 226 Å². The van der Waals surface area contributed by atoms with Crippen molar-refractivity contribution >= 4 is 23.6 Å². The monoisotopic (exact) mass is 1750 g/mol. The lowest BCUT2D eigenvalue weighted by molar-refractivity contribution is -0.400. The van der Waals surface area contributed by atoms with E-state index in [1.54, 1.807) is 0 Å². The Bertz CT molecular complexity index is 3250. The Kier molecular flexibility index (Phi) is 34.7. The van der Waals surface area contributed by atoms with Gasteiger partial charge in [-0.3, -0.25) is 19.2 Å². The smallest absolute Gasteiger partial charge is 0.217 e. The van der Waals surface area contributed by atoms with Gasteiger partial charge in [0, 0.05) is 27.7 Å². The molecule has 10 heterocycles. The van der Waals surface area contributed by atoms with E-state index < -0.39 is 377 Å². The zero-order valence-corrected chi connectivity index (χ0v) is 65.4. The molecule has 0 radical (unpaired) electrons. The van der Waals surface area contributed by atoms with Crippen LogP contribution in [0.2, 0.25) is 0 Å². The molecule has 10 aliphatic heterocycles. The van der Waals surface area contributed by atoms with E-state index in [-0.39, 0.29) is 0 Å². The van der Waals surface area contributed by atoms with E-state index in [0.29, 0.717) is 0 Å². The van der Waals surface area contributed by atoms with Gasteiger partial charge >= 0.3 is 0 Å². The number of carbonyl (C=O) groups is 4. The molecule has 0 aromatic carbocycles.